The molecule has 0 saturated carbocycles. The van der Waals surface area contributed by atoms with Crippen LogP contribution in [0.2, 0.25) is 0 Å². The zero-order valence-corrected chi connectivity index (χ0v) is 22.8. The van der Waals surface area contributed by atoms with Crippen molar-refractivity contribution in [3.63, 3.8) is 0 Å². The third-order valence-corrected chi connectivity index (χ3v) is 7.51. The fraction of sp³-hybridized carbons (Fsp3) is 0.444. The Morgan fingerprint density at radius 3 is 2.31 bits per heavy atom. The number of carbonyl (C=O) groups is 2. The van der Waals surface area contributed by atoms with Gasteiger partial charge in [-0.05, 0) is 43.2 Å². The molecule has 10 nitrogen and oxygen atoms in total. The van der Waals surface area contributed by atoms with Crippen molar-refractivity contribution in [3.05, 3.63) is 57.8 Å². The van der Waals surface area contributed by atoms with E-state index in [9.17, 15) is 36.3 Å². The zero-order chi connectivity index (χ0) is 30.4. The number of anilines is 2. The van der Waals surface area contributed by atoms with E-state index in [2.05, 4.69) is 15.4 Å². The molecule has 2 amide bonds. The minimum Gasteiger partial charge on any atom is -0.362 e. The summed E-state index contributed by atoms with van der Waals surface area (Å²) < 4.78 is 68.8. The number of carbonyl (C=O) groups excluding carboxylic acids is 2. The average molecular weight is 594 g/mol. The summed E-state index contributed by atoms with van der Waals surface area (Å²) >= 11 is 0. The topological polar surface area (TPSA) is 105 Å². The van der Waals surface area contributed by atoms with Crippen molar-refractivity contribution >= 4 is 34.5 Å². The second-order valence-electron chi connectivity index (χ2n) is 10.4. The molecule has 0 bridgehead atoms. The van der Waals surface area contributed by atoms with Gasteiger partial charge >= 0.3 is 6.18 Å². The van der Waals surface area contributed by atoms with Crippen molar-refractivity contribution in [1.29, 1.82) is 0 Å². The van der Waals surface area contributed by atoms with E-state index in [1.165, 1.54) is 17.6 Å². The van der Waals surface area contributed by atoms with Gasteiger partial charge in [0.25, 0.3) is 11.5 Å². The van der Waals surface area contributed by atoms with Crippen LogP contribution in [0.5, 0.6) is 0 Å². The molecular formula is C27H28F5N7O3. The van der Waals surface area contributed by atoms with Crippen LogP contribution >= 0.6 is 0 Å². The number of benzene rings is 1. The van der Waals surface area contributed by atoms with Crippen LogP contribution in [0.3, 0.4) is 0 Å². The number of hydrogen-bond donors (Lipinski definition) is 1. The van der Waals surface area contributed by atoms with Crippen molar-refractivity contribution < 1.29 is 31.5 Å². The second kappa shape index (κ2) is 10.8. The normalized spacial score (nSPS) is 17.4. The van der Waals surface area contributed by atoms with Gasteiger partial charge in [0.05, 0.1) is 5.56 Å². The van der Waals surface area contributed by atoms with Gasteiger partial charge in [0.15, 0.2) is 5.82 Å². The highest BCUT2D eigenvalue weighted by Crippen LogP contribution is 2.35. The molecule has 0 unspecified atom stereocenters. The standard InChI is InChI=1S/C27H28F5N7O3/c1-16-22(37-13-11-36(12-14-37)17(2)40)24(42)39-25(34-23(35-39)18-7-9-26(28,29)10-8-18)38(16)15-21(41)33-20-5-3-19(4-6-20)27(30,31)32/h3-7H,8-15H2,1-2H3,(H,33,41). The van der Waals surface area contributed by atoms with E-state index >= 15 is 0 Å². The number of alkyl halides is 5. The Hall–Kier alpha value is -4.30. The number of aromatic nitrogens is 4. The first kappa shape index (κ1) is 29.2. The predicted molar refractivity (Wildman–Crippen MR) is 143 cm³/mol. The number of nitrogens with zero attached hydrogens (tertiary/aromatic N) is 6. The predicted octanol–water partition coefficient (Wildman–Crippen LogP) is 3.73. The maximum absolute atomic E-state index is 13.7. The minimum absolute atomic E-state index is 0.00528. The molecule has 5 rings (SSSR count). The van der Waals surface area contributed by atoms with Gasteiger partial charge in [0, 0.05) is 57.3 Å². The second-order valence-corrected chi connectivity index (χ2v) is 10.4. The summed E-state index contributed by atoms with van der Waals surface area (Å²) in [6, 6.07) is 3.97. The monoisotopic (exact) mass is 593 g/mol. The number of halogens is 5. The number of nitrogens with one attached hydrogen (secondary N) is 1. The third-order valence-electron chi connectivity index (χ3n) is 7.51. The number of piperazine rings is 1. The van der Waals surface area contributed by atoms with E-state index in [-0.39, 0.29) is 41.8 Å². The van der Waals surface area contributed by atoms with Gasteiger partial charge < -0.3 is 19.7 Å². The van der Waals surface area contributed by atoms with Gasteiger partial charge in [-0.2, -0.15) is 22.7 Å². The fourth-order valence-corrected chi connectivity index (χ4v) is 5.17. The quantitative estimate of drug-likeness (QED) is 0.453. The molecule has 1 fully saturated rings. The minimum atomic E-state index is -4.53. The first-order valence-electron chi connectivity index (χ1n) is 13.3. The van der Waals surface area contributed by atoms with Crippen LogP contribution in [0.1, 0.15) is 43.3 Å². The van der Waals surface area contributed by atoms with E-state index in [4.69, 9.17) is 0 Å². The van der Waals surface area contributed by atoms with Gasteiger partial charge in [-0.25, -0.2) is 8.78 Å². The summed E-state index contributed by atoms with van der Waals surface area (Å²) in [6.45, 7) is 4.18. The lowest BCUT2D eigenvalue weighted by Crippen LogP contribution is -2.50. The Bertz CT molecular complexity index is 1620. The molecule has 1 saturated heterocycles. The summed E-state index contributed by atoms with van der Waals surface area (Å²) in [4.78, 5) is 46.5. The van der Waals surface area contributed by atoms with Crippen LogP contribution in [0.4, 0.5) is 33.3 Å². The molecular weight excluding hydrogens is 565 g/mol. The van der Waals surface area contributed by atoms with Gasteiger partial charge in [-0.3, -0.25) is 14.4 Å². The Balaban J connectivity index is 1.52. The number of amides is 2. The van der Waals surface area contributed by atoms with E-state index in [1.54, 1.807) is 16.7 Å². The molecule has 0 radical (unpaired) electrons. The molecule has 42 heavy (non-hydrogen) atoms. The molecule has 1 aliphatic carbocycles. The van der Waals surface area contributed by atoms with Crippen LogP contribution < -0.4 is 15.8 Å². The SMILES string of the molecule is CC(=O)N1CCN(c2c(C)n(CC(=O)Nc3ccc(C(F)(F)F)cc3)c3nc(C4=CCC(F)(F)CC4)nn3c2=O)CC1. The van der Waals surface area contributed by atoms with Crippen molar-refractivity contribution in [2.24, 2.45) is 0 Å². The number of hydrogen-bond acceptors (Lipinski definition) is 6. The average Bonchev–Trinajstić information content (AvgIpc) is 3.37. The van der Waals surface area contributed by atoms with Crippen molar-refractivity contribution in [1.82, 2.24) is 24.1 Å². The molecule has 1 aromatic carbocycles. The highest BCUT2D eigenvalue weighted by Gasteiger charge is 2.33. The highest BCUT2D eigenvalue weighted by molar-refractivity contribution is 5.91. The molecule has 0 spiro atoms. The summed E-state index contributed by atoms with van der Waals surface area (Å²) in [5.41, 5.74) is -0.154. The summed E-state index contributed by atoms with van der Waals surface area (Å²) in [7, 11) is 0. The molecule has 1 aliphatic heterocycles. The van der Waals surface area contributed by atoms with Crippen molar-refractivity contribution in [3.8, 4) is 0 Å². The smallest absolute Gasteiger partial charge is 0.362 e. The first-order valence-corrected chi connectivity index (χ1v) is 13.3. The van der Waals surface area contributed by atoms with E-state index in [1.807, 2.05) is 0 Å². The maximum Gasteiger partial charge on any atom is 0.416 e. The molecule has 0 atom stereocenters. The van der Waals surface area contributed by atoms with Crippen LogP contribution in [-0.2, 0) is 22.3 Å². The maximum atomic E-state index is 13.7. The number of fused-ring (bicyclic) bond motifs is 1. The zero-order valence-electron chi connectivity index (χ0n) is 22.8. The lowest BCUT2D eigenvalue weighted by molar-refractivity contribution is -0.137. The third kappa shape index (κ3) is 5.85. The Kier molecular flexibility index (Phi) is 7.53. The van der Waals surface area contributed by atoms with Gasteiger partial charge in [0.2, 0.25) is 17.6 Å². The summed E-state index contributed by atoms with van der Waals surface area (Å²) in [5.74, 6) is -3.42. The molecule has 15 heteroatoms. The Morgan fingerprint density at radius 1 is 1.07 bits per heavy atom. The van der Waals surface area contributed by atoms with Crippen LogP contribution in [0, 0.1) is 6.92 Å². The largest absolute Gasteiger partial charge is 0.416 e. The van der Waals surface area contributed by atoms with Gasteiger partial charge in [0.1, 0.15) is 12.2 Å². The lowest BCUT2D eigenvalue weighted by atomic mass is 9.96. The Labute approximate surface area is 236 Å². The molecule has 3 heterocycles. The highest BCUT2D eigenvalue weighted by atomic mass is 19.4. The van der Waals surface area contributed by atoms with Crippen LogP contribution in [-0.4, -0.2) is 68.0 Å². The molecule has 2 aliphatic rings. The van der Waals surface area contributed by atoms with Crippen LogP contribution in [0.15, 0.2) is 35.1 Å². The van der Waals surface area contributed by atoms with Gasteiger partial charge in [-0.15, -0.1) is 5.10 Å². The molecule has 1 N–H and O–H groups in total. The van der Waals surface area contributed by atoms with E-state index < -0.39 is 42.0 Å². The fourth-order valence-electron chi connectivity index (χ4n) is 5.17. The number of allylic oxidation sites excluding steroid dienone is 2. The number of rotatable bonds is 5. The summed E-state index contributed by atoms with van der Waals surface area (Å²) in [5, 5.41) is 6.89. The molecule has 2 aromatic heterocycles. The summed E-state index contributed by atoms with van der Waals surface area (Å²) in [6.07, 6.45) is -4.05. The van der Waals surface area contributed by atoms with Gasteiger partial charge in [-0.1, -0.05) is 6.08 Å². The first-order chi connectivity index (χ1) is 19.7. The van der Waals surface area contributed by atoms with Crippen molar-refractivity contribution in [2.45, 2.75) is 51.8 Å². The Morgan fingerprint density at radius 2 is 1.74 bits per heavy atom. The molecule has 224 valence electrons. The van der Waals surface area contributed by atoms with E-state index in [0.29, 0.717) is 37.4 Å². The lowest BCUT2D eigenvalue weighted by Gasteiger charge is -2.36. The van der Waals surface area contributed by atoms with Crippen molar-refractivity contribution in [2.75, 3.05) is 36.4 Å². The molecule has 3 aromatic rings. The van der Waals surface area contributed by atoms with E-state index in [0.717, 1.165) is 28.8 Å². The van der Waals surface area contributed by atoms with Crippen LogP contribution in [0.25, 0.3) is 11.4 Å².